The van der Waals surface area contributed by atoms with Gasteiger partial charge in [-0.3, -0.25) is 24.3 Å². The van der Waals surface area contributed by atoms with Crippen LogP contribution in [-0.4, -0.2) is 51.7 Å². The molecule has 9 heteroatoms. The first-order valence-electron chi connectivity index (χ1n) is 12.4. The highest BCUT2D eigenvalue weighted by Crippen LogP contribution is 2.45. The van der Waals surface area contributed by atoms with Gasteiger partial charge in [0.1, 0.15) is 5.75 Å². The smallest absolute Gasteiger partial charge is 0.263 e. The van der Waals surface area contributed by atoms with Crippen molar-refractivity contribution in [2.45, 2.75) is 51.7 Å². The summed E-state index contributed by atoms with van der Waals surface area (Å²) in [5.41, 5.74) is 3.45. The van der Waals surface area contributed by atoms with Crippen LogP contribution in [0.3, 0.4) is 0 Å². The Labute approximate surface area is 218 Å². The van der Waals surface area contributed by atoms with Gasteiger partial charge >= 0.3 is 0 Å². The second kappa shape index (κ2) is 9.16. The van der Waals surface area contributed by atoms with Gasteiger partial charge in [-0.05, 0) is 43.5 Å². The summed E-state index contributed by atoms with van der Waals surface area (Å²) >= 11 is 8.03. The first kappa shape index (κ1) is 23.4. The van der Waals surface area contributed by atoms with Gasteiger partial charge in [-0.2, -0.15) is 0 Å². The topological polar surface area (TPSA) is 79.8 Å². The lowest BCUT2D eigenvalue weighted by Crippen LogP contribution is -2.43. The monoisotopic (exact) mass is 523 g/mol. The van der Waals surface area contributed by atoms with Crippen molar-refractivity contribution >= 4 is 50.9 Å². The number of thiophene rings is 1. The first-order valence-corrected chi connectivity index (χ1v) is 13.6. The van der Waals surface area contributed by atoms with E-state index in [-0.39, 0.29) is 36.6 Å². The number of ether oxygens (including phenoxy) is 1. The Kier molecular flexibility index (Phi) is 5.96. The predicted octanol–water partition coefficient (Wildman–Crippen LogP) is 4.83. The molecule has 1 aromatic carbocycles. The standard InChI is InChI=1S/C27H26ClN3O4S/c1-15-9-23(32)31(26(15)33)14-18-13-21-25(36-18)19(5-6-29-21)20-12-17(28)10-16-11-22(35-24(16)20)27(34)30-7-3-2-4-8-30/h5-6,10,12-13,15,22H,2-4,7-9,11,14H2,1H3. The zero-order valence-corrected chi connectivity index (χ0v) is 21.5. The van der Waals surface area contributed by atoms with Crippen LogP contribution in [0.4, 0.5) is 0 Å². The molecule has 2 unspecified atom stereocenters. The highest BCUT2D eigenvalue weighted by atomic mass is 35.5. The van der Waals surface area contributed by atoms with E-state index in [2.05, 4.69) is 4.98 Å². The van der Waals surface area contributed by atoms with E-state index in [1.54, 1.807) is 13.1 Å². The van der Waals surface area contributed by atoms with E-state index >= 15 is 0 Å². The number of piperidine rings is 1. The van der Waals surface area contributed by atoms with Gasteiger partial charge in [-0.25, -0.2) is 0 Å². The SMILES string of the molecule is CC1CC(=O)N(Cc2cc3nccc(-c4cc(Cl)cc5c4OC(C(=O)N4CCCCC4)C5)c3s2)C1=O. The van der Waals surface area contributed by atoms with Crippen LogP contribution >= 0.6 is 22.9 Å². The number of carbonyl (C=O) groups is 3. The van der Waals surface area contributed by atoms with Gasteiger partial charge in [-0.1, -0.05) is 18.5 Å². The van der Waals surface area contributed by atoms with E-state index in [9.17, 15) is 14.4 Å². The summed E-state index contributed by atoms with van der Waals surface area (Å²) in [4.78, 5) is 46.5. The molecule has 0 spiro atoms. The minimum Gasteiger partial charge on any atom is -0.479 e. The molecular formula is C27H26ClN3O4S. The van der Waals surface area contributed by atoms with E-state index in [1.165, 1.54) is 16.2 Å². The van der Waals surface area contributed by atoms with Crippen LogP contribution in [0.5, 0.6) is 5.75 Å². The molecule has 6 rings (SSSR count). The molecule has 5 heterocycles. The molecule has 0 N–H and O–H groups in total. The maximum Gasteiger partial charge on any atom is 0.263 e. The quantitative estimate of drug-likeness (QED) is 0.458. The summed E-state index contributed by atoms with van der Waals surface area (Å²) in [7, 11) is 0. The molecule has 7 nitrogen and oxygen atoms in total. The van der Waals surface area contributed by atoms with Gasteiger partial charge in [0, 0.05) is 64.6 Å². The Morgan fingerprint density at radius 2 is 1.94 bits per heavy atom. The zero-order chi connectivity index (χ0) is 25.0. The normalized spacial score (nSPS) is 21.8. The van der Waals surface area contributed by atoms with Crippen LogP contribution in [0.2, 0.25) is 5.02 Å². The minimum absolute atomic E-state index is 0.0421. The van der Waals surface area contributed by atoms with Crippen LogP contribution in [-0.2, 0) is 27.3 Å². The maximum atomic E-state index is 13.2. The molecule has 2 aromatic heterocycles. The van der Waals surface area contributed by atoms with Gasteiger partial charge < -0.3 is 9.64 Å². The molecule has 0 saturated carbocycles. The molecule has 3 aromatic rings. The Balaban J connectivity index is 1.33. The fourth-order valence-electron chi connectivity index (χ4n) is 5.43. The number of hydrogen-bond acceptors (Lipinski definition) is 6. The molecule has 36 heavy (non-hydrogen) atoms. The number of nitrogens with zero attached hydrogens (tertiary/aromatic N) is 3. The average molecular weight is 524 g/mol. The third kappa shape index (κ3) is 4.06. The number of imide groups is 1. The fourth-order valence-corrected chi connectivity index (χ4v) is 6.80. The summed E-state index contributed by atoms with van der Waals surface area (Å²) in [6.45, 7) is 3.60. The lowest BCUT2D eigenvalue weighted by Gasteiger charge is -2.28. The Hall–Kier alpha value is -2.97. The first-order chi connectivity index (χ1) is 17.4. The number of hydrogen-bond donors (Lipinski definition) is 0. The van der Waals surface area contributed by atoms with Crippen molar-refractivity contribution in [1.82, 2.24) is 14.8 Å². The van der Waals surface area contributed by atoms with Gasteiger partial charge in [0.15, 0.2) is 6.10 Å². The number of fused-ring (bicyclic) bond motifs is 2. The Morgan fingerprint density at radius 1 is 1.14 bits per heavy atom. The van der Waals surface area contributed by atoms with Gasteiger partial charge in [-0.15, -0.1) is 11.3 Å². The molecule has 2 atom stereocenters. The number of rotatable bonds is 4. The lowest BCUT2D eigenvalue weighted by molar-refractivity contribution is -0.140. The number of halogens is 1. The summed E-state index contributed by atoms with van der Waals surface area (Å²) in [6.07, 6.45) is 5.18. The van der Waals surface area contributed by atoms with Crippen LogP contribution in [0.1, 0.15) is 43.0 Å². The third-order valence-electron chi connectivity index (χ3n) is 7.28. The van der Waals surface area contributed by atoms with Crippen molar-refractivity contribution in [2.75, 3.05) is 13.1 Å². The van der Waals surface area contributed by atoms with Crippen LogP contribution < -0.4 is 4.74 Å². The zero-order valence-electron chi connectivity index (χ0n) is 20.0. The largest absolute Gasteiger partial charge is 0.479 e. The van der Waals surface area contributed by atoms with Gasteiger partial charge in [0.25, 0.3) is 5.91 Å². The Bertz CT molecular complexity index is 1400. The number of amides is 3. The van der Waals surface area contributed by atoms with E-state index in [0.29, 0.717) is 17.2 Å². The van der Waals surface area contributed by atoms with Crippen LogP contribution in [0.25, 0.3) is 21.3 Å². The molecule has 0 bridgehead atoms. The summed E-state index contributed by atoms with van der Waals surface area (Å²) in [5, 5.41) is 0.586. The molecule has 0 aliphatic carbocycles. The highest BCUT2D eigenvalue weighted by molar-refractivity contribution is 7.19. The van der Waals surface area contributed by atoms with Crippen molar-refractivity contribution < 1.29 is 19.1 Å². The number of pyridine rings is 1. The number of carbonyl (C=O) groups excluding carboxylic acids is 3. The van der Waals surface area contributed by atoms with Crippen LogP contribution in [0, 0.1) is 5.92 Å². The van der Waals surface area contributed by atoms with Crippen molar-refractivity contribution in [3.63, 3.8) is 0 Å². The molecule has 186 valence electrons. The summed E-state index contributed by atoms with van der Waals surface area (Å²) < 4.78 is 7.23. The van der Waals surface area contributed by atoms with E-state index in [1.807, 2.05) is 29.2 Å². The molecule has 3 amide bonds. The fraction of sp³-hybridized carbons (Fsp3) is 0.407. The second-order valence-electron chi connectivity index (χ2n) is 9.85. The van der Waals surface area contributed by atoms with E-state index in [0.717, 1.165) is 64.1 Å². The average Bonchev–Trinajstić information content (AvgIpc) is 3.55. The van der Waals surface area contributed by atoms with Crippen molar-refractivity contribution in [2.24, 2.45) is 5.92 Å². The minimum atomic E-state index is -0.541. The number of aromatic nitrogens is 1. The highest BCUT2D eigenvalue weighted by Gasteiger charge is 2.37. The van der Waals surface area contributed by atoms with Crippen LogP contribution in [0.15, 0.2) is 30.5 Å². The molecule has 0 radical (unpaired) electrons. The van der Waals surface area contributed by atoms with E-state index < -0.39 is 6.10 Å². The maximum absolute atomic E-state index is 13.2. The number of likely N-dealkylation sites (tertiary alicyclic amines) is 2. The molecule has 2 saturated heterocycles. The molecule has 3 aliphatic rings. The molecule has 2 fully saturated rings. The lowest BCUT2D eigenvalue weighted by atomic mass is 10.0. The predicted molar refractivity (Wildman–Crippen MR) is 138 cm³/mol. The third-order valence-corrected chi connectivity index (χ3v) is 8.64. The van der Waals surface area contributed by atoms with E-state index in [4.69, 9.17) is 16.3 Å². The Morgan fingerprint density at radius 3 is 2.69 bits per heavy atom. The second-order valence-corrected chi connectivity index (χ2v) is 11.4. The van der Waals surface area contributed by atoms with Gasteiger partial charge in [0.2, 0.25) is 11.8 Å². The van der Waals surface area contributed by atoms with Crippen molar-refractivity contribution in [1.29, 1.82) is 0 Å². The van der Waals surface area contributed by atoms with Crippen molar-refractivity contribution in [3.05, 3.63) is 45.9 Å². The molecular weight excluding hydrogens is 498 g/mol. The molecule has 3 aliphatic heterocycles. The summed E-state index contributed by atoms with van der Waals surface area (Å²) in [5.74, 6) is 0.198. The summed E-state index contributed by atoms with van der Waals surface area (Å²) in [6, 6.07) is 7.61. The number of benzene rings is 1. The van der Waals surface area contributed by atoms with Crippen molar-refractivity contribution in [3.8, 4) is 16.9 Å². The van der Waals surface area contributed by atoms with Gasteiger partial charge in [0.05, 0.1) is 16.8 Å².